The molecule has 22 heavy (non-hydrogen) atoms. The van der Waals surface area contributed by atoms with E-state index in [1.54, 1.807) is 19.1 Å². The number of benzene rings is 1. The summed E-state index contributed by atoms with van der Waals surface area (Å²) >= 11 is 0. The molecule has 0 spiro atoms. The number of carboxylic acid groups (broad SMARTS) is 1. The molecule has 0 heterocycles. The molecule has 6 heteroatoms. The van der Waals surface area contributed by atoms with E-state index >= 15 is 0 Å². The Bertz CT molecular complexity index is 554. The van der Waals surface area contributed by atoms with Crippen molar-refractivity contribution in [2.45, 2.75) is 33.2 Å². The number of carbonyl (C=O) groups is 2. The number of hydrogen-bond donors (Lipinski definition) is 2. The number of amides is 1. The summed E-state index contributed by atoms with van der Waals surface area (Å²) in [4.78, 5) is 23.6. The zero-order valence-corrected chi connectivity index (χ0v) is 13.6. The Labute approximate surface area is 130 Å². The van der Waals surface area contributed by atoms with Gasteiger partial charge in [0.2, 0.25) is 0 Å². The average molecular weight is 309 g/mol. The normalized spacial score (nSPS) is 11.9. The van der Waals surface area contributed by atoms with Crippen molar-refractivity contribution in [1.29, 1.82) is 0 Å². The monoisotopic (exact) mass is 309 g/mol. The number of hydrogen-bond acceptors (Lipinski definition) is 4. The van der Waals surface area contributed by atoms with Crippen molar-refractivity contribution in [1.82, 2.24) is 5.32 Å². The summed E-state index contributed by atoms with van der Waals surface area (Å²) < 4.78 is 10.4. The molecule has 2 N–H and O–H groups in total. The van der Waals surface area contributed by atoms with Crippen LogP contribution < -0.4 is 14.8 Å². The first-order valence-corrected chi connectivity index (χ1v) is 7.06. The van der Waals surface area contributed by atoms with Gasteiger partial charge in [0.1, 0.15) is 6.04 Å². The second-order valence-corrected chi connectivity index (χ2v) is 5.52. The number of methoxy groups -OCH3 is 2. The van der Waals surface area contributed by atoms with Crippen LogP contribution in [0.1, 0.15) is 36.2 Å². The molecule has 1 amide bonds. The van der Waals surface area contributed by atoms with E-state index in [0.717, 1.165) is 0 Å². The minimum absolute atomic E-state index is 0.160. The summed E-state index contributed by atoms with van der Waals surface area (Å²) in [6.45, 7) is 5.57. The maximum Gasteiger partial charge on any atom is 0.326 e. The van der Waals surface area contributed by atoms with Crippen LogP contribution in [0.15, 0.2) is 12.1 Å². The molecule has 6 nitrogen and oxygen atoms in total. The van der Waals surface area contributed by atoms with Crippen molar-refractivity contribution in [2.24, 2.45) is 5.92 Å². The highest BCUT2D eigenvalue weighted by Crippen LogP contribution is 2.30. The van der Waals surface area contributed by atoms with E-state index in [1.165, 1.54) is 14.2 Å². The fraction of sp³-hybridized carbons (Fsp3) is 0.500. The van der Waals surface area contributed by atoms with E-state index in [0.29, 0.717) is 29.0 Å². The van der Waals surface area contributed by atoms with Gasteiger partial charge in [0, 0.05) is 5.56 Å². The van der Waals surface area contributed by atoms with Crippen LogP contribution in [0.4, 0.5) is 0 Å². The number of carbonyl (C=O) groups excluding carboxylic acids is 1. The molecule has 0 saturated heterocycles. The molecular formula is C16H23NO5. The Morgan fingerprint density at radius 2 is 1.73 bits per heavy atom. The molecule has 0 saturated carbocycles. The first-order chi connectivity index (χ1) is 10.3. The van der Waals surface area contributed by atoms with Crippen molar-refractivity contribution >= 4 is 11.9 Å². The molecule has 1 rings (SSSR count). The maximum absolute atomic E-state index is 12.4. The van der Waals surface area contributed by atoms with Crippen molar-refractivity contribution in [2.75, 3.05) is 14.2 Å². The molecule has 1 aromatic carbocycles. The third-order valence-corrected chi connectivity index (χ3v) is 3.29. The summed E-state index contributed by atoms with van der Waals surface area (Å²) in [6, 6.07) is 2.32. The van der Waals surface area contributed by atoms with Gasteiger partial charge in [-0.15, -0.1) is 0 Å². The van der Waals surface area contributed by atoms with Crippen LogP contribution in [0.25, 0.3) is 0 Å². The van der Waals surface area contributed by atoms with Crippen LogP contribution >= 0.6 is 0 Å². The van der Waals surface area contributed by atoms with E-state index in [4.69, 9.17) is 9.47 Å². The number of ether oxygens (including phenoxy) is 2. The van der Waals surface area contributed by atoms with Crippen molar-refractivity contribution in [3.63, 3.8) is 0 Å². The van der Waals surface area contributed by atoms with Gasteiger partial charge in [-0.3, -0.25) is 4.79 Å². The molecule has 1 unspecified atom stereocenters. The molecular weight excluding hydrogens is 286 g/mol. The maximum atomic E-state index is 12.4. The van der Waals surface area contributed by atoms with Crippen LogP contribution in [-0.4, -0.2) is 37.2 Å². The lowest BCUT2D eigenvalue weighted by Gasteiger charge is -2.18. The van der Waals surface area contributed by atoms with Gasteiger partial charge in [0.15, 0.2) is 11.5 Å². The predicted octanol–water partition coefficient (Wildman–Crippen LogP) is 2.24. The lowest BCUT2D eigenvalue weighted by Crippen LogP contribution is -2.41. The van der Waals surface area contributed by atoms with Gasteiger partial charge in [0.25, 0.3) is 5.91 Å². The van der Waals surface area contributed by atoms with Gasteiger partial charge in [0.05, 0.1) is 14.2 Å². The highest BCUT2D eigenvalue weighted by atomic mass is 16.5. The Kier molecular flexibility index (Phi) is 6.22. The van der Waals surface area contributed by atoms with Gasteiger partial charge in [-0.2, -0.15) is 0 Å². The van der Waals surface area contributed by atoms with E-state index in [2.05, 4.69) is 5.32 Å². The number of nitrogens with one attached hydrogen (secondary N) is 1. The fourth-order valence-corrected chi connectivity index (χ4v) is 2.15. The van der Waals surface area contributed by atoms with Crippen molar-refractivity contribution < 1.29 is 24.2 Å². The molecule has 0 bridgehead atoms. The van der Waals surface area contributed by atoms with Crippen LogP contribution in [0.5, 0.6) is 11.5 Å². The second kappa shape index (κ2) is 7.68. The summed E-state index contributed by atoms with van der Waals surface area (Å²) in [7, 11) is 2.99. The number of rotatable bonds is 7. The highest BCUT2D eigenvalue weighted by Gasteiger charge is 2.23. The van der Waals surface area contributed by atoms with Crippen LogP contribution in [0.2, 0.25) is 0 Å². The third kappa shape index (κ3) is 4.38. The van der Waals surface area contributed by atoms with Gasteiger partial charge in [-0.1, -0.05) is 13.8 Å². The first kappa shape index (κ1) is 17.8. The largest absolute Gasteiger partial charge is 0.493 e. The molecule has 0 aliphatic rings. The van der Waals surface area contributed by atoms with Gasteiger partial charge in [-0.25, -0.2) is 4.79 Å². The van der Waals surface area contributed by atoms with Crippen LogP contribution in [0.3, 0.4) is 0 Å². The molecule has 0 aliphatic heterocycles. The Morgan fingerprint density at radius 1 is 1.18 bits per heavy atom. The van der Waals surface area contributed by atoms with E-state index < -0.39 is 17.9 Å². The number of carboxylic acids is 1. The Hall–Kier alpha value is -2.24. The Morgan fingerprint density at radius 3 is 2.18 bits per heavy atom. The third-order valence-electron chi connectivity index (χ3n) is 3.29. The number of aryl methyl sites for hydroxylation is 1. The zero-order valence-electron chi connectivity index (χ0n) is 13.6. The standard InChI is InChI=1S/C16H23NO5/c1-9(2)6-12(16(19)20)17-15(18)11-8-14(22-5)13(21-4)7-10(11)3/h7-9,12H,6H2,1-5H3,(H,17,18)(H,19,20). The summed E-state index contributed by atoms with van der Waals surface area (Å²) in [5.74, 6) is -0.373. The van der Waals surface area contributed by atoms with E-state index in [-0.39, 0.29) is 5.92 Å². The topological polar surface area (TPSA) is 84.9 Å². The minimum Gasteiger partial charge on any atom is -0.493 e. The molecule has 0 fully saturated rings. The van der Waals surface area contributed by atoms with Gasteiger partial charge >= 0.3 is 5.97 Å². The Balaban J connectivity index is 3.04. The zero-order chi connectivity index (χ0) is 16.9. The highest BCUT2D eigenvalue weighted by molar-refractivity contribution is 5.98. The molecule has 0 radical (unpaired) electrons. The molecule has 122 valence electrons. The summed E-state index contributed by atoms with van der Waals surface area (Å²) in [6.07, 6.45) is 0.368. The van der Waals surface area contributed by atoms with Crippen LogP contribution in [0, 0.1) is 12.8 Å². The molecule has 0 aliphatic carbocycles. The quantitative estimate of drug-likeness (QED) is 0.807. The summed E-state index contributed by atoms with van der Waals surface area (Å²) in [5, 5.41) is 11.8. The minimum atomic E-state index is -1.04. The molecule has 1 aromatic rings. The SMILES string of the molecule is COc1cc(C)c(C(=O)NC(CC(C)C)C(=O)O)cc1OC. The van der Waals surface area contributed by atoms with E-state index in [1.807, 2.05) is 13.8 Å². The van der Waals surface area contributed by atoms with Crippen molar-refractivity contribution in [3.8, 4) is 11.5 Å². The smallest absolute Gasteiger partial charge is 0.326 e. The van der Waals surface area contributed by atoms with Gasteiger partial charge in [-0.05, 0) is 37.0 Å². The lowest BCUT2D eigenvalue weighted by molar-refractivity contribution is -0.139. The second-order valence-electron chi connectivity index (χ2n) is 5.52. The van der Waals surface area contributed by atoms with Crippen molar-refractivity contribution in [3.05, 3.63) is 23.3 Å². The molecule has 1 atom stereocenters. The predicted molar refractivity (Wildman–Crippen MR) is 82.6 cm³/mol. The van der Waals surface area contributed by atoms with Gasteiger partial charge < -0.3 is 19.9 Å². The lowest BCUT2D eigenvalue weighted by atomic mass is 10.0. The average Bonchev–Trinajstić information content (AvgIpc) is 2.45. The van der Waals surface area contributed by atoms with E-state index in [9.17, 15) is 14.7 Å². The molecule has 0 aromatic heterocycles. The number of aliphatic carboxylic acids is 1. The van der Waals surface area contributed by atoms with Crippen LogP contribution in [-0.2, 0) is 4.79 Å². The summed E-state index contributed by atoms with van der Waals surface area (Å²) in [5.41, 5.74) is 1.05. The fourth-order valence-electron chi connectivity index (χ4n) is 2.15. The first-order valence-electron chi connectivity index (χ1n) is 7.06.